The van der Waals surface area contributed by atoms with Gasteiger partial charge in [0.1, 0.15) is 0 Å². The highest BCUT2D eigenvalue weighted by Crippen LogP contribution is 2.36. The average molecular weight is 353 g/mol. The molecule has 0 aliphatic carbocycles. The second-order valence-electron chi connectivity index (χ2n) is 3.16. The van der Waals surface area contributed by atoms with Gasteiger partial charge in [-0.15, -0.1) is 0 Å². The van der Waals surface area contributed by atoms with Gasteiger partial charge in [0.15, 0.2) is 6.10 Å². The molecule has 0 aromatic heterocycles. The molecule has 96 valence electrons. The molecule has 2 N–H and O–H groups in total. The second kappa shape index (κ2) is 5.65. The third kappa shape index (κ3) is 3.91. The molecule has 0 fully saturated rings. The lowest BCUT2D eigenvalue weighted by molar-refractivity contribution is -0.198. The van der Waals surface area contributed by atoms with E-state index in [-0.39, 0.29) is 15.7 Å². The van der Waals surface area contributed by atoms with Gasteiger partial charge in [-0.2, -0.15) is 13.2 Å². The Hall–Kier alpha value is -0.170. The summed E-state index contributed by atoms with van der Waals surface area (Å²) in [4.78, 5) is 0. The molecule has 0 amide bonds. The van der Waals surface area contributed by atoms with Crippen LogP contribution in [0.5, 0.6) is 0 Å². The summed E-state index contributed by atoms with van der Waals surface area (Å²) in [6.45, 7) is -0.693. The zero-order valence-electron chi connectivity index (χ0n) is 8.15. The number of aliphatic hydroxyl groups excluding tert-OH is 1. The number of nitrogens with one attached hydrogen (secondary N) is 1. The normalized spacial score (nSPS) is 13.6. The molecule has 0 saturated heterocycles. The molecular weight excluding hydrogens is 346 g/mol. The average Bonchev–Trinajstić information content (AvgIpc) is 2.23. The number of rotatable bonds is 3. The first-order valence-electron chi connectivity index (χ1n) is 4.35. The van der Waals surface area contributed by atoms with E-state index in [0.29, 0.717) is 4.47 Å². The highest BCUT2D eigenvalue weighted by Gasteiger charge is 2.37. The molecule has 0 heterocycles. The number of hydrogen-bond donors (Lipinski definition) is 2. The van der Waals surface area contributed by atoms with Crippen molar-refractivity contribution in [2.75, 3.05) is 11.9 Å². The van der Waals surface area contributed by atoms with E-state index in [0.717, 1.165) is 0 Å². The minimum atomic E-state index is -4.67. The minimum absolute atomic E-state index is 0.0930. The molecule has 1 aromatic rings. The minimum Gasteiger partial charge on any atom is -0.382 e. The molecule has 0 spiro atoms. The van der Waals surface area contributed by atoms with Crippen molar-refractivity contribution in [1.82, 2.24) is 0 Å². The predicted molar refractivity (Wildman–Crippen MR) is 64.7 cm³/mol. The molecule has 1 atom stereocenters. The number of benzene rings is 1. The van der Waals surface area contributed by atoms with Crippen molar-refractivity contribution in [3.05, 3.63) is 26.7 Å². The largest absolute Gasteiger partial charge is 0.416 e. The Morgan fingerprint density at radius 3 is 2.41 bits per heavy atom. The maximum atomic E-state index is 12.0. The summed E-state index contributed by atoms with van der Waals surface area (Å²) < 4.78 is 36.7. The Labute approximate surface area is 114 Å². The van der Waals surface area contributed by atoms with Crippen LogP contribution in [0.2, 0.25) is 10.0 Å². The van der Waals surface area contributed by atoms with Crippen molar-refractivity contribution in [3.8, 4) is 0 Å². The van der Waals surface area contributed by atoms with E-state index < -0.39 is 18.8 Å². The van der Waals surface area contributed by atoms with Crippen LogP contribution in [0.15, 0.2) is 16.6 Å². The maximum absolute atomic E-state index is 12.0. The lowest BCUT2D eigenvalue weighted by Gasteiger charge is -2.16. The van der Waals surface area contributed by atoms with Gasteiger partial charge >= 0.3 is 6.18 Å². The number of anilines is 1. The Morgan fingerprint density at radius 2 is 1.88 bits per heavy atom. The monoisotopic (exact) mass is 351 g/mol. The van der Waals surface area contributed by atoms with Crippen molar-refractivity contribution in [3.63, 3.8) is 0 Å². The van der Waals surface area contributed by atoms with Crippen LogP contribution in [-0.2, 0) is 0 Å². The summed E-state index contributed by atoms with van der Waals surface area (Å²) in [6, 6.07) is 3.00. The van der Waals surface area contributed by atoms with E-state index in [1.54, 1.807) is 0 Å². The van der Waals surface area contributed by atoms with Gasteiger partial charge in [-0.25, -0.2) is 0 Å². The Bertz CT molecular complexity index is 414. The summed E-state index contributed by atoms with van der Waals surface area (Å²) in [5.74, 6) is 0. The van der Waals surface area contributed by atoms with Crippen molar-refractivity contribution in [2.24, 2.45) is 0 Å². The maximum Gasteiger partial charge on any atom is 0.416 e. The van der Waals surface area contributed by atoms with Gasteiger partial charge in [0.2, 0.25) is 0 Å². The molecule has 17 heavy (non-hydrogen) atoms. The van der Waals surface area contributed by atoms with Crippen molar-refractivity contribution in [1.29, 1.82) is 0 Å². The standard InChI is InChI=1S/C9H7BrCl2F3NO/c10-4-1-2-5(8(12)7(4)11)16-3-6(17)9(13,14)15/h1-2,6,16-17H,3H2. The van der Waals surface area contributed by atoms with E-state index in [1.165, 1.54) is 12.1 Å². The topological polar surface area (TPSA) is 32.3 Å². The lowest BCUT2D eigenvalue weighted by Crippen LogP contribution is -2.35. The van der Waals surface area contributed by atoms with Gasteiger partial charge in [-0.3, -0.25) is 0 Å². The highest BCUT2D eigenvalue weighted by atomic mass is 79.9. The van der Waals surface area contributed by atoms with E-state index in [9.17, 15) is 13.2 Å². The zero-order chi connectivity index (χ0) is 13.2. The van der Waals surface area contributed by atoms with Crippen molar-refractivity contribution in [2.45, 2.75) is 12.3 Å². The fourth-order valence-electron chi connectivity index (χ4n) is 0.985. The van der Waals surface area contributed by atoms with E-state index in [4.69, 9.17) is 28.3 Å². The van der Waals surface area contributed by atoms with Crippen LogP contribution in [0.25, 0.3) is 0 Å². The number of alkyl halides is 3. The van der Waals surface area contributed by atoms with Crippen molar-refractivity contribution < 1.29 is 18.3 Å². The molecule has 0 aliphatic heterocycles. The molecule has 0 saturated carbocycles. The molecule has 8 heteroatoms. The fraction of sp³-hybridized carbons (Fsp3) is 0.333. The van der Waals surface area contributed by atoms with Gasteiger partial charge in [-0.05, 0) is 28.1 Å². The SMILES string of the molecule is OC(CNc1ccc(Br)c(Cl)c1Cl)C(F)(F)F. The van der Waals surface area contributed by atoms with Gasteiger partial charge in [0.25, 0.3) is 0 Å². The van der Waals surface area contributed by atoms with Crippen LogP contribution in [0.1, 0.15) is 0 Å². The molecule has 0 aliphatic rings. The van der Waals surface area contributed by atoms with Crippen LogP contribution in [0, 0.1) is 0 Å². The van der Waals surface area contributed by atoms with Gasteiger partial charge in [0, 0.05) is 11.0 Å². The van der Waals surface area contributed by atoms with Crippen LogP contribution in [-0.4, -0.2) is 23.9 Å². The van der Waals surface area contributed by atoms with E-state index >= 15 is 0 Å². The fourth-order valence-corrected chi connectivity index (χ4v) is 1.83. The molecule has 0 bridgehead atoms. The third-order valence-corrected chi connectivity index (χ3v) is 3.67. The summed E-state index contributed by atoms with van der Waals surface area (Å²) >= 11 is 14.7. The zero-order valence-corrected chi connectivity index (χ0v) is 11.3. The summed E-state index contributed by atoms with van der Waals surface area (Å²) in [6.07, 6.45) is -7.13. The Kier molecular flexibility index (Phi) is 4.95. The first-order chi connectivity index (χ1) is 7.73. The lowest BCUT2D eigenvalue weighted by atomic mass is 10.3. The summed E-state index contributed by atoms with van der Waals surface area (Å²) in [5, 5.41) is 11.5. The Morgan fingerprint density at radius 1 is 1.29 bits per heavy atom. The number of halogens is 6. The first-order valence-corrected chi connectivity index (χ1v) is 5.90. The second-order valence-corrected chi connectivity index (χ2v) is 4.77. The summed E-state index contributed by atoms with van der Waals surface area (Å²) in [7, 11) is 0. The Balaban J connectivity index is 2.74. The van der Waals surface area contributed by atoms with Gasteiger partial charge in [0.05, 0.1) is 15.7 Å². The number of aliphatic hydroxyl groups is 1. The first kappa shape index (κ1) is 14.9. The highest BCUT2D eigenvalue weighted by molar-refractivity contribution is 9.10. The van der Waals surface area contributed by atoms with Crippen molar-refractivity contribution >= 4 is 44.8 Å². The van der Waals surface area contributed by atoms with Crippen LogP contribution < -0.4 is 5.32 Å². The van der Waals surface area contributed by atoms with Crippen LogP contribution in [0.3, 0.4) is 0 Å². The molecule has 1 unspecified atom stereocenters. The molecule has 0 radical (unpaired) electrons. The molecule has 1 rings (SSSR count). The van der Waals surface area contributed by atoms with Gasteiger partial charge < -0.3 is 10.4 Å². The van der Waals surface area contributed by atoms with Gasteiger partial charge in [-0.1, -0.05) is 23.2 Å². The predicted octanol–water partition coefficient (Wildman–Crippen LogP) is 4.09. The van der Waals surface area contributed by atoms with E-state index in [2.05, 4.69) is 21.2 Å². The van der Waals surface area contributed by atoms with E-state index in [1.807, 2.05) is 0 Å². The molecule has 1 aromatic carbocycles. The smallest absolute Gasteiger partial charge is 0.382 e. The quantitative estimate of drug-likeness (QED) is 0.803. The number of hydrogen-bond acceptors (Lipinski definition) is 2. The van der Waals surface area contributed by atoms with Crippen LogP contribution in [0.4, 0.5) is 18.9 Å². The molecular formula is C9H7BrCl2F3NO. The summed E-state index contributed by atoms with van der Waals surface area (Å²) in [5.41, 5.74) is 0.225. The van der Waals surface area contributed by atoms with Crippen LogP contribution >= 0.6 is 39.1 Å². The third-order valence-electron chi connectivity index (χ3n) is 1.90. The molecule has 2 nitrogen and oxygen atoms in total.